The summed E-state index contributed by atoms with van der Waals surface area (Å²) < 4.78 is 16.9. The van der Waals surface area contributed by atoms with Gasteiger partial charge in [-0.05, 0) is 50.7 Å². The molecule has 1 atom stereocenters. The quantitative estimate of drug-likeness (QED) is 0.204. The third-order valence-electron chi connectivity index (χ3n) is 6.19. The van der Waals surface area contributed by atoms with E-state index in [-0.39, 0.29) is 29.4 Å². The largest absolute Gasteiger partial charge is 0.381 e. The van der Waals surface area contributed by atoms with Crippen LogP contribution in [0.5, 0.6) is 0 Å². The van der Waals surface area contributed by atoms with E-state index < -0.39 is 0 Å². The Balaban J connectivity index is 0.00000341. The van der Waals surface area contributed by atoms with Gasteiger partial charge in [0.15, 0.2) is 5.96 Å². The van der Waals surface area contributed by atoms with E-state index in [0.29, 0.717) is 5.92 Å². The minimum Gasteiger partial charge on any atom is -0.381 e. The number of nitrogens with one attached hydrogen (secondary N) is 2. The molecule has 0 aliphatic carbocycles. The minimum atomic E-state index is 0. The number of aryl methyl sites for hydroxylation is 1. The maximum Gasteiger partial charge on any atom is 0.191 e. The van der Waals surface area contributed by atoms with Crippen molar-refractivity contribution in [2.75, 3.05) is 59.3 Å². The Hall–Kier alpha value is -0.900. The first-order valence-corrected chi connectivity index (χ1v) is 11.5. The van der Waals surface area contributed by atoms with Gasteiger partial charge < -0.3 is 24.8 Å². The highest BCUT2D eigenvalue weighted by Gasteiger charge is 2.35. The van der Waals surface area contributed by atoms with Crippen LogP contribution in [-0.4, -0.2) is 65.2 Å². The van der Waals surface area contributed by atoms with Crippen molar-refractivity contribution in [3.05, 3.63) is 35.4 Å². The molecule has 0 bridgehead atoms. The number of ether oxygens (including phenoxy) is 3. The molecule has 1 aromatic rings. The summed E-state index contributed by atoms with van der Waals surface area (Å²) in [7, 11) is 0. The van der Waals surface area contributed by atoms with Crippen LogP contribution in [0.3, 0.4) is 0 Å². The van der Waals surface area contributed by atoms with E-state index in [1.165, 1.54) is 11.1 Å². The summed E-state index contributed by atoms with van der Waals surface area (Å²) in [6.45, 7) is 11.7. The molecule has 1 aromatic carbocycles. The van der Waals surface area contributed by atoms with Crippen LogP contribution >= 0.6 is 24.0 Å². The summed E-state index contributed by atoms with van der Waals surface area (Å²) in [6, 6.07) is 8.73. The van der Waals surface area contributed by atoms with Crippen molar-refractivity contribution in [2.45, 2.75) is 44.9 Å². The molecule has 2 aliphatic heterocycles. The molecule has 0 amide bonds. The summed E-state index contributed by atoms with van der Waals surface area (Å²) in [4.78, 5) is 4.99. The van der Waals surface area contributed by atoms with E-state index in [4.69, 9.17) is 19.2 Å². The van der Waals surface area contributed by atoms with Gasteiger partial charge in [0, 0.05) is 50.8 Å². The number of guanidine groups is 1. The molecular weight excluding hydrogens is 505 g/mol. The van der Waals surface area contributed by atoms with Crippen molar-refractivity contribution in [1.82, 2.24) is 10.6 Å². The SMILES string of the molecule is CCNC(=NCC1(c2ccccc2C)CCOCC1)NCCCOCC1CCOC1.I. The van der Waals surface area contributed by atoms with Crippen LogP contribution in [0.15, 0.2) is 29.3 Å². The van der Waals surface area contributed by atoms with Gasteiger partial charge in [0.25, 0.3) is 0 Å². The first-order chi connectivity index (χ1) is 14.7. The Labute approximate surface area is 204 Å². The third-order valence-corrected chi connectivity index (χ3v) is 6.19. The molecule has 2 aliphatic rings. The van der Waals surface area contributed by atoms with Gasteiger partial charge in [-0.2, -0.15) is 0 Å². The second kappa shape index (κ2) is 14.3. The molecule has 7 heteroatoms. The Kier molecular flexibility index (Phi) is 12.1. The molecular formula is C24H40IN3O3. The minimum absolute atomic E-state index is 0. The smallest absolute Gasteiger partial charge is 0.191 e. The lowest BCUT2D eigenvalue weighted by molar-refractivity contribution is 0.0529. The predicted octanol–water partition coefficient (Wildman–Crippen LogP) is 3.66. The van der Waals surface area contributed by atoms with Crippen molar-refractivity contribution >= 4 is 29.9 Å². The van der Waals surface area contributed by atoms with Crippen molar-refractivity contribution in [3.63, 3.8) is 0 Å². The monoisotopic (exact) mass is 545 g/mol. The van der Waals surface area contributed by atoms with Gasteiger partial charge in [-0.15, -0.1) is 24.0 Å². The van der Waals surface area contributed by atoms with Crippen LogP contribution in [0.25, 0.3) is 0 Å². The maximum atomic E-state index is 5.81. The first-order valence-electron chi connectivity index (χ1n) is 11.5. The highest BCUT2D eigenvalue weighted by Crippen LogP contribution is 2.37. The number of hydrogen-bond donors (Lipinski definition) is 2. The second-order valence-corrected chi connectivity index (χ2v) is 8.49. The Morgan fingerprint density at radius 2 is 1.97 bits per heavy atom. The maximum absolute atomic E-state index is 5.81. The summed E-state index contributed by atoms with van der Waals surface area (Å²) in [6.07, 6.45) is 4.12. The van der Waals surface area contributed by atoms with E-state index in [2.05, 4.69) is 48.7 Å². The molecule has 2 heterocycles. The molecule has 6 nitrogen and oxygen atoms in total. The zero-order chi connectivity index (χ0) is 21.1. The Bertz CT molecular complexity index is 659. The molecule has 2 saturated heterocycles. The number of hydrogen-bond acceptors (Lipinski definition) is 4. The van der Waals surface area contributed by atoms with Crippen molar-refractivity contribution < 1.29 is 14.2 Å². The predicted molar refractivity (Wildman–Crippen MR) is 137 cm³/mol. The molecule has 1 unspecified atom stereocenters. The Morgan fingerprint density at radius 1 is 1.16 bits per heavy atom. The highest BCUT2D eigenvalue weighted by atomic mass is 127. The van der Waals surface area contributed by atoms with Gasteiger partial charge in [0.05, 0.1) is 19.8 Å². The summed E-state index contributed by atoms with van der Waals surface area (Å²) >= 11 is 0. The average Bonchev–Trinajstić information content (AvgIpc) is 3.29. The van der Waals surface area contributed by atoms with Crippen LogP contribution in [0.4, 0.5) is 0 Å². The normalized spacial score (nSPS) is 20.8. The average molecular weight is 546 g/mol. The summed E-state index contributed by atoms with van der Waals surface area (Å²) in [5.41, 5.74) is 2.81. The van der Waals surface area contributed by atoms with Gasteiger partial charge in [0.1, 0.15) is 0 Å². The fourth-order valence-electron chi connectivity index (χ4n) is 4.36. The van der Waals surface area contributed by atoms with Crippen molar-refractivity contribution in [2.24, 2.45) is 10.9 Å². The first kappa shape index (κ1) is 26.4. The van der Waals surface area contributed by atoms with Gasteiger partial charge in [-0.3, -0.25) is 4.99 Å². The zero-order valence-electron chi connectivity index (χ0n) is 19.2. The molecule has 3 rings (SSSR count). The number of benzene rings is 1. The van der Waals surface area contributed by atoms with Gasteiger partial charge in [-0.1, -0.05) is 24.3 Å². The lowest BCUT2D eigenvalue weighted by Crippen LogP contribution is -2.42. The zero-order valence-corrected chi connectivity index (χ0v) is 21.5. The van der Waals surface area contributed by atoms with Crippen molar-refractivity contribution in [1.29, 1.82) is 0 Å². The fourth-order valence-corrected chi connectivity index (χ4v) is 4.36. The van der Waals surface area contributed by atoms with E-state index in [9.17, 15) is 0 Å². The van der Waals surface area contributed by atoms with Crippen LogP contribution in [0, 0.1) is 12.8 Å². The van der Waals surface area contributed by atoms with E-state index in [1.807, 2.05) is 0 Å². The van der Waals surface area contributed by atoms with Crippen LogP contribution in [0.2, 0.25) is 0 Å². The summed E-state index contributed by atoms with van der Waals surface area (Å²) in [5.74, 6) is 1.47. The van der Waals surface area contributed by atoms with Crippen LogP contribution in [0.1, 0.15) is 43.7 Å². The molecule has 0 spiro atoms. The summed E-state index contributed by atoms with van der Waals surface area (Å²) in [5, 5.41) is 6.87. The Morgan fingerprint density at radius 3 is 2.68 bits per heavy atom. The van der Waals surface area contributed by atoms with Crippen molar-refractivity contribution in [3.8, 4) is 0 Å². The molecule has 176 valence electrons. The number of rotatable bonds is 10. The molecule has 0 saturated carbocycles. The van der Waals surface area contributed by atoms with E-state index in [0.717, 1.165) is 90.9 Å². The topological polar surface area (TPSA) is 64.1 Å². The third kappa shape index (κ3) is 8.18. The molecule has 2 N–H and O–H groups in total. The lowest BCUT2D eigenvalue weighted by atomic mass is 9.72. The van der Waals surface area contributed by atoms with Gasteiger partial charge in [0.2, 0.25) is 0 Å². The standard InChI is InChI=1S/C24H39N3O3.HI/c1-3-25-23(26-12-6-13-29-17-21-9-14-30-18-21)27-19-24(10-15-28-16-11-24)22-8-5-4-7-20(22)2;/h4-5,7-8,21H,3,6,9-19H2,1-2H3,(H2,25,26,27);1H. The second-order valence-electron chi connectivity index (χ2n) is 8.49. The number of nitrogens with zero attached hydrogens (tertiary/aromatic N) is 1. The molecule has 2 fully saturated rings. The van der Waals surface area contributed by atoms with Crippen LogP contribution in [-0.2, 0) is 19.6 Å². The van der Waals surface area contributed by atoms with E-state index >= 15 is 0 Å². The number of aliphatic imine (C=N–C) groups is 1. The highest BCUT2D eigenvalue weighted by molar-refractivity contribution is 14.0. The van der Waals surface area contributed by atoms with E-state index in [1.54, 1.807) is 0 Å². The fraction of sp³-hybridized carbons (Fsp3) is 0.708. The molecule has 0 radical (unpaired) electrons. The number of halogens is 1. The van der Waals surface area contributed by atoms with Gasteiger partial charge in [-0.25, -0.2) is 0 Å². The molecule has 31 heavy (non-hydrogen) atoms. The van der Waals surface area contributed by atoms with Crippen LogP contribution < -0.4 is 10.6 Å². The lowest BCUT2D eigenvalue weighted by Gasteiger charge is -2.37. The van der Waals surface area contributed by atoms with Gasteiger partial charge >= 0.3 is 0 Å². The molecule has 0 aromatic heterocycles.